The summed E-state index contributed by atoms with van der Waals surface area (Å²) in [7, 11) is 4.80. The van der Waals surface area contributed by atoms with E-state index in [4.69, 9.17) is 9.47 Å². The Hall–Kier alpha value is -3.16. The van der Waals surface area contributed by atoms with E-state index in [0.717, 1.165) is 6.07 Å². The molecule has 2 amide bonds. The number of piperidine rings is 1. The molecule has 0 radical (unpaired) electrons. The molecule has 8 heteroatoms. The SMILES string of the molecule is CCC(=O)N(C)C(Cc1ccc(F)cc1F)C1CCN(C(=O)c2ccc(OC)c(OC)c2)CC1. The minimum atomic E-state index is -0.627. The largest absolute Gasteiger partial charge is 0.493 e. The first kappa shape index (κ1) is 25.5. The van der Waals surface area contributed by atoms with Gasteiger partial charge in [-0.1, -0.05) is 13.0 Å². The van der Waals surface area contributed by atoms with Crippen molar-refractivity contribution in [3.8, 4) is 11.5 Å². The van der Waals surface area contributed by atoms with Crippen LogP contribution in [-0.2, 0) is 11.2 Å². The van der Waals surface area contributed by atoms with E-state index in [9.17, 15) is 18.4 Å². The Labute approximate surface area is 199 Å². The number of amides is 2. The van der Waals surface area contributed by atoms with Gasteiger partial charge in [0.25, 0.3) is 5.91 Å². The van der Waals surface area contributed by atoms with Gasteiger partial charge in [-0.05, 0) is 55.0 Å². The predicted octanol–water partition coefficient (Wildman–Crippen LogP) is 4.31. The highest BCUT2D eigenvalue weighted by Gasteiger charge is 2.33. The second-order valence-corrected chi connectivity index (χ2v) is 8.56. The van der Waals surface area contributed by atoms with E-state index >= 15 is 0 Å². The smallest absolute Gasteiger partial charge is 0.253 e. The van der Waals surface area contributed by atoms with Crippen LogP contribution in [0, 0.1) is 17.6 Å². The number of benzene rings is 2. The van der Waals surface area contributed by atoms with Gasteiger partial charge >= 0.3 is 0 Å². The van der Waals surface area contributed by atoms with Gasteiger partial charge in [0.05, 0.1) is 14.2 Å². The molecule has 0 aromatic heterocycles. The molecule has 0 bridgehead atoms. The summed E-state index contributed by atoms with van der Waals surface area (Å²) in [6, 6.07) is 8.39. The first-order chi connectivity index (χ1) is 16.3. The van der Waals surface area contributed by atoms with Gasteiger partial charge < -0.3 is 19.3 Å². The second kappa shape index (κ2) is 11.3. The van der Waals surface area contributed by atoms with E-state index in [0.29, 0.717) is 61.4 Å². The van der Waals surface area contributed by atoms with E-state index in [1.165, 1.54) is 19.2 Å². The molecule has 1 unspecified atom stereocenters. The van der Waals surface area contributed by atoms with E-state index in [1.807, 2.05) is 0 Å². The summed E-state index contributed by atoms with van der Waals surface area (Å²) >= 11 is 0. The van der Waals surface area contributed by atoms with Crippen molar-refractivity contribution >= 4 is 11.8 Å². The van der Waals surface area contributed by atoms with Crippen molar-refractivity contribution < 1.29 is 27.8 Å². The summed E-state index contributed by atoms with van der Waals surface area (Å²) in [6.07, 6.45) is 1.99. The molecule has 1 aliphatic rings. The number of likely N-dealkylation sites (tertiary alicyclic amines) is 1. The van der Waals surface area contributed by atoms with Crippen LogP contribution in [-0.4, -0.2) is 62.0 Å². The molecule has 0 spiro atoms. The topological polar surface area (TPSA) is 59.1 Å². The number of carbonyl (C=O) groups is 2. The van der Waals surface area contributed by atoms with E-state index in [-0.39, 0.29) is 23.8 Å². The number of hydrogen-bond acceptors (Lipinski definition) is 4. The molecule has 6 nitrogen and oxygen atoms in total. The summed E-state index contributed by atoms with van der Waals surface area (Å²) in [5.41, 5.74) is 0.894. The number of halogens is 2. The molecule has 1 aliphatic heterocycles. The van der Waals surface area contributed by atoms with Crippen molar-refractivity contribution in [3.63, 3.8) is 0 Å². The summed E-state index contributed by atoms with van der Waals surface area (Å²) < 4.78 is 38.3. The van der Waals surface area contributed by atoms with Crippen LogP contribution in [0.4, 0.5) is 8.78 Å². The van der Waals surface area contributed by atoms with Gasteiger partial charge in [-0.3, -0.25) is 9.59 Å². The van der Waals surface area contributed by atoms with E-state index < -0.39 is 11.6 Å². The van der Waals surface area contributed by atoms with Crippen LogP contribution in [0.1, 0.15) is 42.1 Å². The molecule has 1 heterocycles. The quantitative estimate of drug-likeness (QED) is 0.572. The third-order valence-corrected chi connectivity index (χ3v) is 6.64. The maximum Gasteiger partial charge on any atom is 0.253 e. The predicted molar refractivity (Wildman–Crippen MR) is 125 cm³/mol. The second-order valence-electron chi connectivity index (χ2n) is 8.56. The van der Waals surface area contributed by atoms with Crippen LogP contribution in [0.15, 0.2) is 36.4 Å². The number of nitrogens with zero attached hydrogens (tertiary/aromatic N) is 2. The van der Waals surface area contributed by atoms with Crippen molar-refractivity contribution in [2.24, 2.45) is 5.92 Å². The fourth-order valence-corrected chi connectivity index (χ4v) is 4.61. The minimum absolute atomic E-state index is 0.0312. The highest BCUT2D eigenvalue weighted by molar-refractivity contribution is 5.95. The van der Waals surface area contributed by atoms with Gasteiger partial charge in [0.2, 0.25) is 5.91 Å². The van der Waals surface area contributed by atoms with Gasteiger partial charge in [0.1, 0.15) is 11.6 Å². The molecule has 2 aromatic rings. The lowest BCUT2D eigenvalue weighted by atomic mass is 9.84. The summed E-state index contributed by atoms with van der Waals surface area (Å²) in [4.78, 5) is 29.0. The molecule has 0 aliphatic carbocycles. The Morgan fingerprint density at radius 2 is 1.74 bits per heavy atom. The normalized spacial score (nSPS) is 15.1. The standard InChI is InChI=1S/C26H32F2N2O4/c1-5-25(31)29(2)22(14-18-6-8-20(27)16-21(18)28)17-10-12-30(13-11-17)26(32)19-7-9-23(33-3)24(15-19)34-4/h6-9,15-17,22H,5,10-14H2,1-4H3. The molecule has 34 heavy (non-hydrogen) atoms. The van der Waals surface area contributed by atoms with Gasteiger partial charge in [0.15, 0.2) is 11.5 Å². The molecule has 2 aromatic carbocycles. The molecule has 184 valence electrons. The van der Waals surface area contributed by atoms with Crippen LogP contribution in [0.2, 0.25) is 0 Å². The molecule has 1 atom stereocenters. The molecule has 1 fully saturated rings. The Morgan fingerprint density at radius 1 is 1.06 bits per heavy atom. The van der Waals surface area contributed by atoms with Crippen molar-refractivity contribution in [1.29, 1.82) is 0 Å². The third kappa shape index (κ3) is 5.66. The number of likely N-dealkylation sites (N-methyl/N-ethyl adjacent to an activating group) is 1. The fourth-order valence-electron chi connectivity index (χ4n) is 4.61. The zero-order valence-corrected chi connectivity index (χ0v) is 20.1. The number of hydrogen-bond donors (Lipinski definition) is 0. The Kier molecular flexibility index (Phi) is 8.47. The summed E-state index contributed by atoms with van der Waals surface area (Å²) in [5.74, 6) is -0.239. The average molecular weight is 475 g/mol. The van der Waals surface area contributed by atoms with Crippen molar-refractivity contribution in [2.75, 3.05) is 34.4 Å². The first-order valence-electron chi connectivity index (χ1n) is 11.5. The molecule has 0 saturated carbocycles. The summed E-state index contributed by atoms with van der Waals surface area (Å²) in [5, 5.41) is 0. The highest BCUT2D eigenvalue weighted by atomic mass is 19.1. The maximum absolute atomic E-state index is 14.4. The molecule has 3 rings (SSSR count). The first-order valence-corrected chi connectivity index (χ1v) is 11.5. The Bertz CT molecular complexity index is 1020. The van der Waals surface area contributed by atoms with Crippen molar-refractivity contribution in [3.05, 3.63) is 59.2 Å². The van der Waals surface area contributed by atoms with Crippen LogP contribution < -0.4 is 9.47 Å². The van der Waals surface area contributed by atoms with Gasteiger partial charge in [-0.2, -0.15) is 0 Å². The zero-order valence-electron chi connectivity index (χ0n) is 20.1. The minimum Gasteiger partial charge on any atom is -0.493 e. The van der Waals surface area contributed by atoms with E-state index in [1.54, 1.807) is 49.1 Å². The Balaban J connectivity index is 1.73. The number of ether oxygens (including phenoxy) is 2. The van der Waals surface area contributed by atoms with Crippen LogP contribution in [0.25, 0.3) is 0 Å². The van der Waals surface area contributed by atoms with Crippen LogP contribution in [0.3, 0.4) is 0 Å². The average Bonchev–Trinajstić information content (AvgIpc) is 2.86. The van der Waals surface area contributed by atoms with Gasteiger partial charge in [-0.15, -0.1) is 0 Å². The molecule has 1 saturated heterocycles. The summed E-state index contributed by atoms with van der Waals surface area (Å²) in [6.45, 7) is 2.83. The number of methoxy groups -OCH3 is 2. The van der Waals surface area contributed by atoms with Crippen LogP contribution >= 0.6 is 0 Å². The van der Waals surface area contributed by atoms with Crippen molar-refractivity contribution in [2.45, 2.75) is 38.6 Å². The molecular weight excluding hydrogens is 442 g/mol. The maximum atomic E-state index is 14.4. The number of carbonyl (C=O) groups excluding carboxylic acids is 2. The van der Waals surface area contributed by atoms with Gasteiger partial charge in [-0.25, -0.2) is 8.78 Å². The monoisotopic (exact) mass is 474 g/mol. The highest BCUT2D eigenvalue weighted by Crippen LogP contribution is 2.31. The lowest BCUT2D eigenvalue weighted by Gasteiger charge is -2.40. The van der Waals surface area contributed by atoms with E-state index in [2.05, 4.69) is 0 Å². The third-order valence-electron chi connectivity index (χ3n) is 6.64. The molecular formula is C26H32F2N2O4. The molecule has 0 N–H and O–H groups in total. The Morgan fingerprint density at radius 3 is 2.32 bits per heavy atom. The van der Waals surface area contributed by atoms with Crippen LogP contribution in [0.5, 0.6) is 11.5 Å². The zero-order chi connectivity index (χ0) is 24.8. The lowest BCUT2D eigenvalue weighted by molar-refractivity contribution is -0.133. The van der Waals surface area contributed by atoms with Gasteiger partial charge in [0, 0.05) is 44.2 Å². The number of rotatable bonds is 8. The fraction of sp³-hybridized carbons (Fsp3) is 0.462. The lowest BCUT2D eigenvalue weighted by Crippen LogP contribution is -2.48. The van der Waals surface area contributed by atoms with Crippen molar-refractivity contribution in [1.82, 2.24) is 9.80 Å².